The third-order valence-electron chi connectivity index (χ3n) is 3.52. The highest BCUT2D eigenvalue weighted by Crippen LogP contribution is 2.41. The molecule has 0 aliphatic heterocycles. The Morgan fingerprint density at radius 3 is 2.31 bits per heavy atom. The fourth-order valence-corrected chi connectivity index (χ4v) is 2.20. The van der Waals surface area contributed by atoms with Crippen LogP contribution in [-0.4, -0.2) is 13.1 Å². The van der Waals surface area contributed by atoms with E-state index in [1.807, 2.05) is 6.92 Å². The summed E-state index contributed by atoms with van der Waals surface area (Å²) >= 11 is 0. The molecule has 0 aromatic carbocycles. The zero-order chi connectivity index (χ0) is 10.0. The van der Waals surface area contributed by atoms with E-state index in [-0.39, 0.29) is 11.9 Å². The standard InChI is InChI=1S/C11H20O2/c1-7-5-10(6-7)8(2)9(3)11(12)13-4/h7-10H,5-6H2,1-4H3. The second-order valence-corrected chi connectivity index (χ2v) is 4.51. The SMILES string of the molecule is COC(=O)C(C)C(C)C1CC(C)C1. The van der Waals surface area contributed by atoms with Crippen molar-refractivity contribution in [2.24, 2.45) is 23.7 Å². The third kappa shape index (κ3) is 2.23. The van der Waals surface area contributed by atoms with Gasteiger partial charge in [0.1, 0.15) is 0 Å². The summed E-state index contributed by atoms with van der Waals surface area (Å²) in [6, 6.07) is 0. The molecule has 0 spiro atoms. The molecular formula is C11H20O2. The molecule has 0 radical (unpaired) electrons. The number of hydrogen-bond acceptors (Lipinski definition) is 2. The minimum atomic E-state index is -0.0629. The molecule has 13 heavy (non-hydrogen) atoms. The summed E-state index contributed by atoms with van der Waals surface area (Å²) in [7, 11) is 1.47. The zero-order valence-electron chi connectivity index (χ0n) is 9.04. The Kier molecular flexibility index (Phi) is 3.34. The van der Waals surface area contributed by atoms with E-state index in [9.17, 15) is 4.79 Å². The molecule has 0 heterocycles. The Bertz CT molecular complexity index is 183. The van der Waals surface area contributed by atoms with Crippen LogP contribution < -0.4 is 0 Å². The summed E-state index contributed by atoms with van der Waals surface area (Å²) in [5, 5.41) is 0. The van der Waals surface area contributed by atoms with Crippen LogP contribution in [0.1, 0.15) is 33.6 Å². The second kappa shape index (κ2) is 4.12. The third-order valence-corrected chi connectivity index (χ3v) is 3.52. The fourth-order valence-electron chi connectivity index (χ4n) is 2.20. The maximum Gasteiger partial charge on any atom is 0.308 e. The molecule has 1 rings (SSSR count). The molecule has 2 nitrogen and oxygen atoms in total. The van der Waals surface area contributed by atoms with Crippen molar-refractivity contribution in [3.8, 4) is 0 Å². The van der Waals surface area contributed by atoms with E-state index >= 15 is 0 Å². The lowest BCUT2D eigenvalue weighted by atomic mass is 9.67. The van der Waals surface area contributed by atoms with Crippen LogP contribution in [0.2, 0.25) is 0 Å². The monoisotopic (exact) mass is 184 g/mol. The lowest BCUT2D eigenvalue weighted by Crippen LogP contribution is -2.33. The summed E-state index contributed by atoms with van der Waals surface area (Å²) in [5.74, 6) is 2.07. The normalized spacial score (nSPS) is 31.7. The minimum Gasteiger partial charge on any atom is -0.469 e. The van der Waals surface area contributed by atoms with Crippen LogP contribution in [0, 0.1) is 23.7 Å². The number of carbonyl (C=O) groups excluding carboxylic acids is 1. The van der Waals surface area contributed by atoms with E-state index in [0.29, 0.717) is 5.92 Å². The van der Waals surface area contributed by atoms with Crippen LogP contribution in [-0.2, 0) is 9.53 Å². The lowest BCUT2D eigenvalue weighted by molar-refractivity contribution is -0.148. The average molecular weight is 184 g/mol. The topological polar surface area (TPSA) is 26.3 Å². The van der Waals surface area contributed by atoms with Crippen LogP contribution in [0.15, 0.2) is 0 Å². The Hall–Kier alpha value is -0.530. The van der Waals surface area contributed by atoms with E-state index in [1.54, 1.807) is 0 Å². The highest BCUT2D eigenvalue weighted by Gasteiger charge is 2.35. The molecule has 1 aliphatic rings. The average Bonchev–Trinajstić information content (AvgIpc) is 2.09. The van der Waals surface area contributed by atoms with Gasteiger partial charge in [-0.2, -0.15) is 0 Å². The predicted octanol–water partition coefficient (Wildman–Crippen LogP) is 2.48. The van der Waals surface area contributed by atoms with Crippen molar-refractivity contribution in [2.75, 3.05) is 7.11 Å². The Morgan fingerprint density at radius 2 is 1.92 bits per heavy atom. The van der Waals surface area contributed by atoms with Crippen molar-refractivity contribution in [1.29, 1.82) is 0 Å². The van der Waals surface area contributed by atoms with Gasteiger partial charge in [-0.1, -0.05) is 20.8 Å². The van der Waals surface area contributed by atoms with Crippen molar-refractivity contribution < 1.29 is 9.53 Å². The van der Waals surface area contributed by atoms with Gasteiger partial charge in [-0.05, 0) is 30.6 Å². The van der Waals surface area contributed by atoms with Crippen molar-refractivity contribution in [2.45, 2.75) is 33.6 Å². The molecular weight excluding hydrogens is 164 g/mol. The predicted molar refractivity (Wildman–Crippen MR) is 52.2 cm³/mol. The quantitative estimate of drug-likeness (QED) is 0.630. The molecule has 2 unspecified atom stereocenters. The van der Waals surface area contributed by atoms with Crippen LogP contribution >= 0.6 is 0 Å². The maximum absolute atomic E-state index is 11.3. The zero-order valence-corrected chi connectivity index (χ0v) is 9.04. The first-order chi connectivity index (χ1) is 6.06. The number of carbonyl (C=O) groups is 1. The molecule has 0 amide bonds. The molecule has 0 N–H and O–H groups in total. The second-order valence-electron chi connectivity index (χ2n) is 4.51. The van der Waals surface area contributed by atoms with Gasteiger partial charge in [0.25, 0.3) is 0 Å². The van der Waals surface area contributed by atoms with E-state index < -0.39 is 0 Å². The Morgan fingerprint density at radius 1 is 1.38 bits per heavy atom. The van der Waals surface area contributed by atoms with Crippen molar-refractivity contribution in [3.63, 3.8) is 0 Å². The Balaban J connectivity index is 2.38. The van der Waals surface area contributed by atoms with Gasteiger partial charge in [0, 0.05) is 0 Å². The smallest absolute Gasteiger partial charge is 0.308 e. The molecule has 0 bridgehead atoms. The lowest BCUT2D eigenvalue weighted by Gasteiger charge is -2.39. The summed E-state index contributed by atoms with van der Waals surface area (Å²) in [4.78, 5) is 11.3. The molecule has 0 aromatic rings. The number of rotatable bonds is 3. The number of ether oxygens (including phenoxy) is 1. The Labute approximate surface area is 80.7 Å². The molecule has 2 heteroatoms. The van der Waals surface area contributed by atoms with E-state index in [4.69, 9.17) is 4.74 Å². The summed E-state index contributed by atoms with van der Waals surface area (Å²) in [5.41, 5.74) is 0. The van der Waals surface area contributed by atoms with E-state index in [2.05, 4.69) is 13.8 Å². The van der Waals surface area contributed by atoms with Gasteiger partial charge in [0.05, 0.1) is 13.0 Å². The maximum atomic E-state index is 11.3. The number of methoxy groups -OCH3 is 1. The minimum absolute atomic E-state index is 0.0579. The molecule has 1 saturated carbocycles. The van der Waals surface area contributed by atoms with Crippen molar-refractivity contribution in [1.82, 2.24) is 0 Å². The molecule has 0 saturated heterocycles. The molecule has 2 atom stereocenters. The van der Waals surface area contributed by atoms with Gasteiger partial charge in [0.2, 0.25) is 0 Å². The van der Waals surface area contributed by atoms with Crippen LogP contribution in [0.5, 0.6) is 0 Å². The van der Waals surface area contributed by atoms with Gasteiger partial charge in [-0.25, -0.2) is 0 Å². The molecule has 1 aliphatic carbocycles. The first kappa shape index (κ1) is 10.6. The van der Waals surface area contributed by atoms with Crippen molar-refractivity contribution >= 4 is 5.97 Å². The summed E-state index contributed by atoms with van der Waals surface area (Å²) in [6.07, 6.45) is 2.56. The van der Waals surface area contributed by atoms with Gasteiger partial charge >= 0.3 is 5.97 Å². The van der Waals surface area contributed by atoms with Gasteiger partial charge in [-0.3, -0.25) is 4.79 Å². The van der Waals surface area contributed by atoms with E-state index in [0.717, 1.165) is 11.8 Å². The fraction of sp³-hybridized carbons (Fsp3) is 0.909. The number of esters is 1. The van der Waals surface area contributed by atoms with Gasteiger partial charge in [0.15, 0.2) is 0 Å². The summed E-state index contributed by atoms with van der Waals surface area (Å²) < 4.78 is 4.74. The van der Waals surface area contributed by atoms with Crippen molar-refractivity contribution in [3.05, 3.63) is 0 Å². The highest BCUT2D eigenvalue weighted by molar-refractivity contribution is 5.72. The van der Waals surface area contributed by atoms with E-state index in [1.165, 1.54) is 20.0 Å². The van der Waals surface area contributed by atoms with Gasteiger partial charge < -0.3 is 4.74 Å². The summed E-state index contributed by atoms with van der Waals surface area (Å²) in [6.45, 7) is 6.41. The first-order valence-electron chi connectivity index (χ1n) is 5.14. The molecule has 76 valence electrons. The highest BCUT2D eigenvalue weighted by atomic mass is 16.5. The number of hydrogen-bond donors (Lipinski definition) is 0. The van der Waals surface area contributed by atoms with Gasteiger partial charge in [-0.15, -0.1) is 0 Å². The largest absolute Gasteiger partial charge is 0.469 e. The molecule has 1 fully saturated rings. The first-order valence-corrected chi connectivity index (χ1v) is 5.14. The van der Waals surface area contributed by atoms with Crippen LogP contribution in [0.4, 0.5) is 0 Å². The molecule has 0 aromatic heterocycles. The van der Waals surface area contributed by atoms with Crippen LogP contribution in [0.25, 0.3) is 0 Å². The van der Waals surface area contributed by atoms with Crippen LogP contribution in [0.3, 0.4) is 0 Å².